The Balaban J connectivity index is 2.35. The summed E-state index contributed by atoms with van der Waals surface area (Å²) in [4.78, 5) is 23.5. The molecule has 0 atom stereocenters. The van der Waals surface area contributed by atoms with Gasteiger partial charge in [0.25, 0.3) is 0 Å². The van der Waals surface area contributed by atoms with Gasteiger partial charge in [0.2, 0.25) is 5.91 Å². The Morgan fingerprint density at radius 2 is 2.33 bits per heavy atom. The van der Waals surface area contributed by atoms with Crippen molar-refractivity contribution in [3.05, 3.63) is 0 Å². The van der Waals surface area contributed by atoms with Crippen LogP contribution in [0.15, 0.2) is 0 Å². The summed E-state index contributed by atoms with van der Waals surface area (Å²) in [5.41, 5.74) is 0. The number of hydrogen-bond donors (Lipinski definition) is 1. The van der Waals surface area contributed by atoms with Gasteiger partial charge in [-0.15, -0.1) is 0 Å². The molecule has 68 valence electrons. The van der Waals surface area contributed by atoms with Gasteiger partial charge in [0, 0.05) is 25.3 Å². The van der Waals surface area contributed by atoms with E-state index in [4.69, 9.17) is 0 Å². The van der Waals surface area contributed by atoms with Gasteiger partial charge >= 0.3 is 6.03 Å². The van der Waals surface area contributed by atoms with Crippen molar-refractivity contribution in [3.63, 3.8) is 0 Å². The van der Waals surface area contributed by atoms with E-state index in [2.05, 4.69) is 5.32 Å². The molecule has 5 heteroatoms. The third-order valence-corrected chi connectivity index (χ3v) is 2.30. The Morgan fingerprint density at radius 3 is 2.92 bits per heavy atom. The second-order valence-corrected chi connectivity index (χ2v) is 3.57. The normalized spacial score (nSPS) is 17.9. The lowest BCUT2D eigenvalue weighted by Gasteiger charge is -2.25. The summed E-state index contributed by atoms with van der Waals surface area (Å²) >= 11 is 1.69. The van der Waals surface area contributed by atoms with Gasteiger partial charge in [-0.1, -0.05) is 0 Å². The minimum atomic E-state index is -0.250. The molecule has 0 bridgehead atoms. The molecule has 1 fully saturated rings. The number of imide groups is 1. The summed E-state index contributed by atoms with van der Waals surface area (Å²) in [7, 11) is 0. The molecule has 4 nitrogen and oxygen atoms in total. The molecule has 0 saturated carbocycles. The van der Waals surface area contributed by atoms with Gasteiger partial charge in [-0.25, -0.2) is 4.79 Å². The average Bonchev–Trinajstić information content (AvgIpc) is 2.03. The van der Waals surface area contributed by atoms with E-state index < -0.39 is 0 Å². The highest BCUT2D eigenvalue weighted by atomic mass is 32.2. The van der Waals surface area contributed by atoms with E-state index in [0.29, 0.717) is 13.0 Å². The van der Waals surface area contributed by atoms with Crippen LogP contribution in [-0.4, -0.2) is 41.9 Å². The smallest absolute Gasteiger partial charge is 0.323 e. The monoisotopic (exact) mass is 188 g/mol. The van der Waals surface area contributed by atoms with E-state index in [9.17, 15) is 9.59 Å². The van der Waals surface area contributed by atoms with Crippen molar-refractivity contribution in [2.24, 2.45) is 0 Å². The van der Waals surface area contributed by atoms with Crippen molar-refractivity contribution < 1.29 is 9.59 Å². The molecule has 0 spiro atoms. The van der Waals surface area contributed by atoms with Crippen LogP contribution in [0.3, 0.4) is 0 Å². The molecule has 0 radical (unpaired) electrons. The van der Waals surface area contributed by atoms with E-state index in [1.807, 2.05) is 6.26 Å². The Hall–Kier alpha value is -0.710. The summed E-state index contributed by atoms with van der Waals surface area (Å²) in [6.45, 7) is 1.28. The van der Waals surface area contributed by atoms with Crippen LogP contribution in [0.25, 0.3) is 0 Å². The molecule has 0 aromatic carbocycles. The molecule has 1 rings (SSSR count). The van der Waals surface area contributed by atoms with Gasteiger partial charge in [-0.05, 0) is 6.26 Å². The highest BCUT2D eigenvalue weighted by Crippen LogP contribution is 2.02. The standard InChI is InChI=1S/C7H12N2O2S/c1-12-5-4-9-3-2-6(10)8-7(9)11/h2-5H2,1H3,(H,8,10,11). The fraction of sp³-hybridized carbons (Fsp3) is 0.714. The lowest BCUT2D eigenvalue weighted by atomic mass is 10.3. The van der Waals surface area contributed by atoms with Gasteiger partial charge in [-0.3, -0.25) is 10.1 Å². The average molecular weight is 188 g/mol. The predicted molar refractivity (Wildman–Crippen MR) is 48.1 cm³/mol. The first-order valence-corrected chi connectivity index (χ1v) is 5.21. The number of thioether (sulfide) groups is 1. The first-order chi connectivity index (χ1) is 5.74. The van der Waals surface area contributed by atoms with Crippen LogP contribution < -0.4 is 5.32 Å². The summed E-state index contributed by atoms with van der Waals surface area (Å²) in [6.07, 6.45) is 2.42. The number of amides is 3. The van der Waals surface area contributed by atoms with Gasteiger partial charge < -0.3 is 4.90 Å². The summed E-state index contributed by atoms with van der Waals surface area (Å²) < 4.78 is 0. The zero-order chi connectivity index (χ0) is 8.97. The highest BCUT2D eigenvalue weighted by Gasteiger charge is 2.21. The van der Waals surface area contributed by atoms with Crippen LogP contribution in [0.5, 0.6) is 0 Å². The number of nitrogens with zero attached hydrogens (tertiary/aromatic N) is 1. The highest BCUT2D eigenvalue weighted by molar-refractivity contribution is 7.98. The Labute approximate surface area is 75.7 Å². The third kappa shape index (κ3) is 2.41. The van der Waals surface area contributed by atoms with E-state index in [-0.39, 0.29) is 11.9 Å². The molecule has 1 saturated heterocycles. The first-order valence-electron chi connectivity index (χ1n) is 3.81. The fourth-order valence-corrected chi connectivity index (χ4v) is 1.42. The molecule has 0 aliphatic carbocycles. The fourth-order valence-electron chi connectivity index (χ4n) is 1.01. The van der Waals surface area contributed by atoms with Crippen LogP contribution >= 0.6 is 11.8 Å². The van der Waals surface area contributed by atoms with Crippen LogP contribution in [0.1, 0.15) is 6.42 Å². The number of nitrogens with one attached hydrogen (secondary N) is 1. The molecule has 0 aromatic rings. The number of carbonyl (C=O) groups is 2. The van der Waals surface area contributed by atoms with Gasteiger partial charge in [0.05, 0.1) is 0 Å². The van der Waals surface area contributed by atoms with E-state index in [1.54, 1.807) is 16.7 Å². The van der Waals surface area contributed by atoms with E-state index in [0.717, 1.165) is 12.3 Å². The van der Waals surface area contributed by atoms with Gasteiger partial charge in [0.15, 0.2) is 0 Å². The third-order valence-electron chi connectivity index (χ3n) is 1.71. The molecule has 1 heterocycles. The minimum absolute atomic E-state index is 0.166. The maximum atomic E-state index is 11.1. The predicted octanol–water partition coefficient (Wildman–Crippen LogP) is 0.291. The van der Waals surface area contributed by atoms with Crippen molar-refractivity contribution in [2.45, 2.75) is 6.42 Å². The van der Waals surface area contributed by atoms with Crippen LogP contribution in [0, 0.1) is 0 Å². The lowest BCUT2D eigenvalue weighted by molar-refractivity contribution is -0.121. The number of carbonyl (C=O) groups excluding carboxylic acids is 2. The summed E-state index contributed by atoms with van der Waals surface area (Å²) in [6, 6.07) is -0.250. The molecule has 12 heavy (non-hydrogen) atoms. The lowest BCUT2D eigenvalue weighted by Crippen LogP contribution is -2.50. The Morgan fingerprint density at radius 1 is 1.58 bits per heavy atom. The SMILES string of the molecule is CSCCN1CCC(=O)NC1=O. The molecule has 1 N–H and O–H groups in total. The van der Waals surface area contributed by atoms with Gasteiger partial charge in [0.1, 0.15) is 0 Å². The van der Waals surface area contributed by atoms with Crippen LogP contribution in [0.4, 0.5) is 4.79 Å². The van der Waals surface area contributed by atoms with Crippen molar-refractivity contribution in [1.29, 1.82) is 0 Å². The summed E-state index contributed by atoms with van der Waals surface area (Å²) in [5, 5.41) is 2.28. The largest absolute Gasteiger partial charge is 0.324 e. The van der Waals surface area contributed by atoms with Crippen molar-refractivity contribution in [2.75, 3.05) is 25.1 Å². The molecule has 1 aliphatic rings. The number of hydrogen-bond acceptors (Lipinski definition) is 3. The molecule has 0 aromatic heterocycles. The molecule has 0 unspecified atom stereocenters. The van der Waals surface area contributed by atoms with E-state index >= 15 is 0 Å². The van der Waals surface area contributed by atoms with Crippen molar-refractivity contribution in [1.82, 2.24) is 10.2 Å². The molecular weight excluding hydrogens is 176 g/mol. The maximum Gasteiger partial charge on any atom is 0.324 e. The summed E-state index contributed by atoms with van der Waals surface area (Å²) in [5.74, 6) is 0.752. The van der Waals surface area contributed by atoms with Crippen LogP contribution in [-0.2, 0) is 4.79 Å². The number of urea groups is 1. The second kappa shape index (κ2) is 4.35. The maximum absolute atomic E-state index is 11.1. The molecular formula is C7H12N2O2S. The zero-order valence-corrected chi connectivity index (χ0v) is 7.82. The quantitative estimate of drug-likeness (QED) is 0.692. The van der Waals surface area contributed by atoms with Gasteiger partial charge in [-0.2, -0.15) is 11.8 Å². The first kappa shape index (κ1) is 9.38. The topological polar surface area (TPSA) is 49.4 Å². The Bertz CT molecular complexity index is 196. The minimum Gasteiger partial charge on any atom is -0.323 e. The Kier molecular flexibility index (Phi) is 3.40. The van der Waals surface area contributed by atoms with E-state index in [1.165, 1.54) is 0 Å². The zero-order valence-electron chi connectivity index (χ0n) is 7.00. The molecule has 3 amide bonds. The molecule has 1 aliphatic heterocycles. The van der Waals surface area contributed by atoms with Crippen molar-refractivity contribution >= 4 is 23.7 Å². The second-order valence-electron chi connectivity index (χ2n) is 2.58. The number of rotatable bonds is 3. The van der Waals surface area contributed by atoms with Crippen LogP contribution in [0.2, 0.25) is 0 Å². The van der Waals surface area contributed by atoms with Crippen molar-refractivity contribution in [3.8, 4) is 0 Å².